The van der Waals surface area contributed by atoms with E-state index in [0.717, 1.165) is 0 Å². The summed E-state index contributed by atoms with van der Waals surface area (Å²) in [6.07, 6.45) is 0. The van der Waals surface area contributed by atoms with Crippen LogP contribution in [-0.4, -0.2) is 0 Å². The third-order valence-corrected chi connectivity index (χ3v) is 0. The Kier molecular flexibility index (Phi) is 18.8. The molecule has 0 aromatic carbocycles. The average Bonchev–Trinajstić information content (AvgIpc) is 1.25. The van der Waals surface area contributed by atoms with E-state index >= 15 is 0 Å². The normalized spacial score (nSPS) is 5.25. The van der Waals surface area contributed by atoms with E-state index in [4.69, 9.17) is 0 Å². The van der Waals surface area contributed by atoms with E-state index < -0.39 is 21.0 Å². The van der Waals surface area contributed by atoms with E-state index in [1.807, 2.05) is 0 Å². The van der Waals surface area contributed by atoms with Gasteiger partial charge in [-0.1, -0.05) is 0 Å². The molecule has 0 fully saturated rings. The van der Waals surface area contributed by atoms with Crippen molar-refractivity contribution >= 4 is 43.6 Å². The zero-order chi connectivity index (χ0) is 7.15. The molecule has 0 rings (SSSR count). The molecule has 8 heavy (non-hydrogen) atoms. The summed E-state index contributed by atoms with van der Waals surface area (Å²) in [5.74, 6) is 0. The van der Waals surface area contributed by atoms with Crippen LogP contribution in [0.5, 0.6) is 0 Å². The molecule has 0 bridgehead atoms. The third kappa shape index (κ3) is 54.6. The van der Waals surface area contributed by atoms with Gasteiger partial charge in [-0.05, 0) is 0 Å². The Bertz CT molecular complexity index is 509. The van der Waals surface area contributed by atoms with Crippen molar-refractivity contribution in [3.05, 3.63) is 0 Å². The van der Waals surface area contributed by atoms with Crippen LogP contribution in [0.15, 0.2) is 0 Å². The van der Waals surface area contributed by atoms with Crippen LogP contribution < -0.4 is 0 Å². The summed E-state index contributed by atoms with van der Waals surface area (Å²) in [5, 5.41) is 0. The molecule has 0 atom stereocenters. The van der Waals surface area contributed by atoms with Gasteiger partial charge >= 0.3 is 64.7 Å². The van der Waals surface area contributed by atoms with Crippen molar-refractivity contribution in [1.82, 2.24) is 0 Å². The second-order valence-corrected chi connectivity index (χ2v) is 15.7. The van der Waals surface area contributed by atoms with Crippen molar-refractivity contribution in [2.45, 2.75) is 0 Å². The maximum atomic E-state index is 3.78. The quantitative estimate of drug-likeness (QED) is 0.428. The Morgan fingerprint density at radius 3 is 0.500 bits per heavy atom. The predicted octanol–water partition coefficient (Wildman–Crippen LogP) is 5.16. The molecule has 0 aromatic rings. The molecule has 0 aliphatic heterocycles. The molecule has 0 N–H and O–H groups in total. The minimum atomic E-state index is -0.667. The molecular weight excluding hydrogens is 298 g/mol. The molecule has 0 heterocycles. The second kappa shape index (κ2) is 10.6. The van der Waals surface area contributed by atoms with E-state index in [0.29, 0.717) is 0 Å². The molecule has 0 amide bonds. The monoisotopic (exact) mass is 298 g/mol. The Labute approximate surface area is 64.2 Å². The molecule has 0 saturated carbocycles. The summed E-state index contributed by atoms with van der Waals surface area (Å²) < 4.78 is 0. The van der Waals surface area contributed by atoms with Gasteiger partial charge in [-0.3, -0.25) is 0 Å². The molecular formula is Fe2P6. The topological polar surface area (TPSA) is 0 Å². The summed E-state index contributed by atoms with van der Waals surface area (Å²) in [6.45, 7) is 0. The van der Waals surface area contributed by atoms with E-state index in [-0.39, 0.29) is 0 Å². The molecule has 0 radical (unpaired) electrons. The van der Waals surface area contributed by atoms with Gasteiger partial charge in [-0.25, -0.2) is 0 Å². The van der Waals surface area contributed by atoms with Crippen LogP contribution in [0.1, 0.15) is 0 Å². The van der Waals surface area contributed by atoms with Crippen LogP contribution in [0.4, 0.5) is 0 Å². The Morgan fingerprint density at radius 1 is 0.500 bits per heavy atom. The molecule has 0 aliphatic carbocycles. The van der Waals surface area contributed by atoms with Crippen LogP contribution in [0.3, 0.4) is 0 Å². The molecule has 8 heteroatoms. The van der Waals surface area contributed by atoms with Gasteiger partial charge in [0.25, 0.3) is 0 Å². The predicted molar refractivity (Wildman–Crippen MR) is 41.5 cm³/mol. The van der Waals surface area contributed by atoms with Crippen LogP contribution in [0.25, 0.3) is 0 Å². The Balaban J connectivity index is 0. The van der Waals surface area contributed by atoms with Gasteiger partial charge in [0.05, 0.1) is 0 Å². The molecule has 0 unspecified atom stereocenters. The molecule has 0 aliphatic rings. The van der Waals surface area contributed by atoms with Gasteiger partial charge < -0.3 is 0 Å². The average molecular weight is 298 g/mol. The summed E-state index contributed by atoms with van der Waals surface area (Å²) in [5.41, 5.74) is 0. The van der Waals surface area contributed by atoms with Crippen molar-refractivity contribution in [2.75, 3.05) is 0 Å². The van der Waals surface area contributed by atoms with E-state index in [1.54, 1.807) is 0 Å². The molecule has 46 valence electrons. The van der Waals surface area contributed by atoms with Crippen LogP contribution >= 0.6 is 43.6 Å². The maximum absolute atomic E-state index is 3.78. The van der Waals surface area contributed by atoms with Gasteiger partial charge in [0, 0.05) is 0 Å². The van der Waals surface area contributed by atoms with Crippen molar-refractivity contribution in [3.8, 4) is 0 Å². The SMILES string of the molecule is [P]#[Fe](#[P])#[P].[P]#[Fe](#[P])#[P]. The van der Waals surface area contributed by atoms with Gasteiger partial charge in [0.1, 0.15) is 0 Å². The fourth-order valence-corrected chi connectivity index (χ4v) is 0. The van der Waals surface area contributed by atoms with Crippen molar-refractivity contribution in [2.24, 2.45) is 0 Å². The Morgan fingerprint density at radius 2 is 0.500 bits per heavy atom. The van der Waals surface area contributed by atoms with Gasteiger partial charge in [-0.2, -0.15) is 0 Å². The standard InChI is InChI=1S/2Fe.6P. The minimum absolute atomic E-state index is 0.667. The van der Waals surface area contributed by atoms with Gasteiger partial charge in [0.2, 0.25) is 0 Å². The van der Waals surface area contributed by atoms with Crippen LogP contribution in [0, 0.1) is 0 Å². The first kappa shape index (κ1) is 14.2. The van der Waals surface area contributed by atoms with Gasteiger partial charge in [-0.15, -0.1) is 0 Å². The summed E-state index contributed by atoms with van der Waals surface area (Å²) in [6, 6.07) is 0. The van der Waals surface area contributed by atoms with E-state index in [9.17, 15) is 0 Å². The number of rotatable bonds is 0. The van der Waals surface area contributed by atoms with Crippen molar-refractivity contribution in [1.29, 1.82) is 0 Å². The van der Waals surface area contributed by atoms with Crippen LogP contribution in [0.2, 0.25) is 0 Å². The fourth-order valence-electron chi connectivity index (χ4n) is 0. The summed E-state index contributed by atoms with van der Waals surface area (Å²) in [4.78, 5) is 0. The first-order valence-corrected chi connectivity index (χ1v) is 11.7. The van der Waals surface area contributed by atoms with Crippen molar-refractivity contribution < 1.29 is 21.0 Å². The molecule has 0 nitrogen and oxygen atoms in total. The van der Waals surface area contributed by atoms with Gasteiger partial charge in [0.15, 0.2) is 0 Å². The number of hydrogen-bond donors (Lipinski definition) is 0. The zero-order valence-electron chi connectivity index (χ0n) is 3.39. The van der Waals surface area contributed by atoms with E-state index in [1.165, 1.54) is 0 Å². The molecule has 0 aromatic heterocycles. The third-order valence-electron chi connectivity index (χ3n) is 0. The fraction of sp³-hybridized carbons (Fsp3) is 0. The molecule has 0 spiro atoms. The zero-order valence-corrected chi connectivity index (χ0v) is 11.0. The first-order valence-electron chi connectivity index (χ1n) is 0.949. The Hall–Kier alpha value is 3.62. The summed E-state index contributed by atoms with van der Waals surface area (Å²) >= 11 is 0. The second-order valence-electron chi connectivity index (χ2n) is 0.424. The first-order chi connectivity index (χ1) is 3.46. The molecule has 0 saturated heterocycles. The summed E-state index contributed by atoms with van der Waals surface area (Å²) in [7, 11) is 21.3. The number of hydrogen-bond acceptors (Lipinski definition) is 0. The van der Waals surface area contributed by atoms with Crippen molar-refractivity contribution in [3.63, 3.8) is 0 Å². The van der Waals surface area contributed by atoms with E-state index in [2.05, 4.69) is 43.6 Å². The van der Waals surface area contributed by atoms with Crippen LogP contribution in [-0.2, 0) is 21.0 Å².